The fourth-order valence-electron chi connectivity index (χ4n) is 0.470. The Morgan fingerprint density at radius 2 is 2.00 bits per heavy atom. The second kappa shape index (κ2) is 3.84. The summed E-state index contributed by atoms with van der Waals surface area (Å²) < 4.78 is 0. The zero-order valence-corrected chi connectivity index (χ0v) is 4.99. The summed E-state index contributed by atoms with van der Waals surface area (Å²) >= 11 is 0. The fourth-order valence-corrected chi connectivity index (χ4v) is 0.470. The van der Waals surface area contributed by atoms with Crippen LogP contribution in [0.15, 0.2) is 36.4 Å². The van der Waals surface area contributed by atoms with Crippen molar-refractivity contribution >= 4 is 7.05 Å². The van der Waals surface area contributed by atoms with E-state index in [1.54, 1.807) is 13.2 Å². The van der Waals surface area contributed by atoms with Crippen LogP contribution in [0.3, 0.4) is 0 Å². The summed E-state index contributed by atoms with van der Waals surface area (Å²) in [5.74, 6) is 1.86. The molecule has 9 heavy (non-hydrogen) atoms. The number of nitrogens with one attached hydrogen (secondary N) is 1. The first kappa shape index (κ1) is 6.01. The summed E-state index contributed by atoms with van der Waals surface area (Å²) in [6.45, 7) is 0. The summed E-state index contributed by atoms with van der Waals surface area (Å²) in [6.07, 6.45) is 1.76. The van der Waals surface area contributed by atoms with E-state index in [1.165, 1.54) is 0 Å². The average molecular weight is 118 g/mol. The Morgan fingerprint density at radius 1 is 1.11 bits per heavy atom. The van der Waals surface area contributed by atoms with Gasteiger partial charge in [0.1, 0.15) is 0 Å². The van der Waals surface area contributed by atoms with Crippen LogP contribution in [0.4, 0.5) is 0 Å². The third-order valence-electron chi connectivity index (χ3n) is 0.850. The molecule has 0 aliphatic carbocycles. The fraction of sp³-hybridized carbons (Fsp3) is 0. The molecule has 0 aromatic carbocycles. The topological polar surface area (TPSA) is 28.7 Å². The monoisotopic (exact) mass is 118 g/mol. The molecule has 1 N–H and O–H groups in total. The minimum atomic E-state index is 1.69. The Labute approximate surface area is 54.5 Å². The predicted octanol–water partition coefficient (Wildman–Crippen LogP) is 0.872. The van der Waals surface area contributed by atoms with E-state index in [0.29, 0.717) is 0 Å². The zero-order chi connectivity index (χ0) is 6.36. The molecular weight excluding hydrogens is 111 g/mol. The summed E-state index contributed by atoms with van der Waals surface area (Å²) in [5, 5.41) is 6.52. The molecule has 3 heteroatoms. The van der Waals surface area contributed by atoms with Gasteiger partial charge in [-0.25, -0.2) is 0 Å². The normalized spacial score (nSPS) is 7.56. The zero-order valence-electron chi connectivity index (χ0n) is 4.99. The van der Waals surface area contributed by atoms with Gasteiger partial charge >= 0.3 is 53.6 Å². The molecule has 1 rings (SSSR count). The van der Waals surface area contributed by atoms with E-state index in [2.05, 4.69) is 10.1 Å². The number of aromatic nitrogens is 2. The van der Waals surface area contributed by atoms with Crippen LogP contribution in [0.1, 0.15) is 0 Å². The van der Waals surface area contributed by atoms with Crippen molar-refractivity contribution in [1.82, 2.24) is 10.1 Å². The van der Waals surface area contributed by atoms with E-state index in [9.17, 15) is 0 Å². The first-order valence-electron chi connectivity index (χ1n) is 2.77. The van der Waals surface area contributed by atoms with Crippen LogP contribution in [-0.2, 0) is 0 Å². The molecule has 0 unspecified atom stereocenters. The predicted molar refractivity (Wildman–Crippen MR) is 37.6 cm³/mol. The quantitative estimate of drug-likeness (QED) is 0.537. The van der Waals surface area contributed by atoms with Crippen molar-refractivity contribution < 1.29 is 0 Å². The van der Waals surface area contributed by atoms with Crippen LogP contribution in [0.2, 0.25) is 0 Å². The van der Waals surface area contributed by atoms with Crippen molar-refractivity contribution in [3.63, 3.8) is 0 Å². The van der Waals surface area contributed by atoms with E-state index < -0.39 is 0 Å². The number of hydrogen-bond donors (Lipinski definition) is 1. The summed E-state index contributed by atoms with van der Waals surface area (Å²) in [5.41, 5.74) is 0. The van der Waals surface area contributed by atoms with Crippen LogP contribution in [-0.4, -0.2) is 17.2 Å². The van der Waals surface area contributed by atoms with Gasteiger partial charge in [-0.1, -0.05) is 0 Å². The SMILES string of the molecule is b1cccccc[nH]n1. The molecule has 0 saturated heterocycles. The van der Waals surface area contributed by atoms with Gasteiger partial charge in [0, 0.05) is 0 Å². The molecule has 0 bridgehead atoms. The average Bonchev–Trinajstić information content (AvgIpc) is 2.00. The Kier molecular flexibility index (Phi) is 2.56. The second-order valence-corrected chi connectivity index (χ2v) is 1.54. The van der Waals surface area contributed by atoms with Crippen molar-refractivity contribution in [2.75, 3.05) is 0 Å². The summed E-state index contributed by atoms with van der Waals surface area (Å²) in [7, 11) is 1.69. The van der Waals surface area contributed by atoms with E-state index in [4.69, 9.17) is 0 Å². The van der Waals surface area contributed by atoms with Crippen molar-refractivity contribution in [3.05, 3.63) is 36.4 Å². The van der Waals surface area contributed by atoms with Gasteiger partial charge in [0.25, 0.3) is 0 Å². The van der Waals surface area contributed by atoms with E-state index in [0.717, 1.165) is 0 Å². The Hall–Kier alpha value is -1.12. The molecule has 1 heterocycles. The molecular formula is C6H7BN2. The second-order valence-electron chi connectivity index (χ2n) is 1.54. The molecule has 0 fully saturated rings. The first-order valence-corrected chi connectivity index (χ1v) is 2.77. The Morgan fingerprint density at radius 3 is 3.00 bits per heavy atom. The van der Waals surface area contributed by atoms with Crippen molar-refractivity contribution in [2.24, 2.45) is 0 Å². The molecule has 0 amide bonds. The van der Waals surface area contributed by atoms with Crippen LogP contribution in [0, 0.1) is 0 Å². The molecule has 1 aromatic rings. The number of nitrogens with zero attached hydrogens (tertiary/aromatic N) is 1. The van der Waals surface area contributed by atoms with Gasteiger partial charge in [-0.3, -0.25) is 0 Å². The van der Waals surface area contributed by atoms with Crippen LogP contribution < -0.4 is 0 Å². The third-order valence-corrected chi connectivity index (χ3v) is 0.850. The van der Waals surface area contributed by atoms with Gasteiger partial charge in [-0.05, 0) is 0 Å². The number of rotatable bonds is 0. The van der Waals surface area contributed by atoms with Gasteiger partial charge in [0.05, 0.1) is 0 Å². The van der Waals surface area contributed by atoms with Crippen molar-refractivity contribution in [3.8, 4) is 0 Å². The van der Waals surface area contributed by atoms with Gasteiger partial charge in [-0.15, -0.1) is 0 Å². The standard InChI is InChI=1S/C6H7BN2/c1-2-4-6-8-9-7-5-3-1/h1-6,8H. The summed E-state index contributed by atoms with van der Waals surface area (Å²) in [4.78, 5) is 0. The molecule has 0 radical (unpaired) electrons. The van der Waals surface area contributed by atoms with Crippen LogP contribution in [0.5, 0.6) is 0 Å². The maximum atomic E-state index is 3.80. The number of hydrogen-bond acceptors (Lipinski definition) is 1. The molecule has 0 aliphatic rings. The van der Waals surface area contributed by atoms with Gasteiger partial charge in [0.15, 0.2) is 0 Å². The molecule has 1 aromatic heterocycles. The molecule has 0 aliphatic heterocycles. The third kappa shape index (κ3) is 2.64. The van der Waals surface area contributed by atoms with E-state index in [-0.39, 0.29) is 0 Å². The number of aromatic amines is 1. The van der Waals surface area contributed by atoms with E-state index >= 15 is 0 Å². The molecule has 0 atom stereocenters. The Bertz CT molecular complexity index is 133. The number of H-pyrrole nitrogens is 1. The van der Waals surface area contributed by atoms with E-state index in [1.807, 2.05) is 30.2 Å². The first-order chi connectivity index (χ1) is 4.50. The maximum absolute atomic E-state index is 3.80. The molecule has 0 spiro atoms. The van der Waals surface area contributed by atoms with Crippen LogP contribution >= 0.6 is 0 Å². The van der Waals surface area contributed by atoms with Crippen LogP contribution in [0.25, 0.3) is 0 Å². The van der Waals surface area contributed by atoms with Gasteiger partial charge in [0.2, 0.25) is 0 Å². The minimum absolute atomic E-state index is 1.69. The van der Waals surface area contributed by atoms with Gasteiger partial charge in [-0.2, -0.15) is 0 Å². The molecule has 44 valence electrons. The Balaban J connectivity index is 3.04. The molecule has 2 nitrogen and oxygen atoms in total. The molecule has 0 saturated carbocycles. The van der Waals surface area contributed by atoms with Gasteiger partial charge < -0.3 is 0 Å². The van der Waals surface area contributed by atoms with Crippen molar-refractivity contribution in [1.29, 1.82) is 0 Å². The summed E-state index contributed by atoms with van der Waals surface area (Å²) in [6, 6.07) is 7.67. The van der Waals surface area contributed by atoms with Crippen molar-refractivity contribution in [2.45, 2.75) is 0 Å².